The molecule has 1 fully saturated rings. The second kappa shape index (κ2) is 5.51. The number of hydrogen-bond donors (Lipinski definition) is 1. The van der Waals surface area contributed by atoms with E-state index in [1.807, 2.05) is 22.8 Å². The van der Waals surface area contributed by atoms with Gasteiger partial charge in [0.15, 0.2) is 0 Å². The van der Waals surface area contributed by atoms with Gasteiger partial charge in [-0.1, -0.05) is 28.8 Å². The Bertz CT molecular complexity index is 575. The van der Waals surface area contributed by atoms with Crippen LogP contribution in [0.1, 0.15) is 25.7 Å². The number of benzene rings is 1. The molecule has 0 unspecified atom stereocenters. The van der Waals surface area contributed by atoms with Gasteiger partial charge in [0.2, 0.25) is 5.95 Å². The number of halogens is 1. The molecular formula is C14H18BrN3O. The predicted molar refractivity (Wildman–Crippen MR) is 80.1 cm³/mol. The lowest BCUT2D eigenvalue weighted by atomic mass is 10.3. The molecule has 5 heteroatoms. The molecule has 0 atom stereocenters. The minimum atomic E-state index is 0.447. The largest absolute Gasteiger partial charge is 0.376 e. The molecule has 1 aliphatic rings. The van der Waals surface area contributed by atoms with Gasteiger partial charge in [-0.25, -0.2) is 4.98 Å². The summed E-state index contributed by atoms with van der Waals surface area (Å²) >= 11 is 3.48. The first-order valence-corrected chi connectivity index (χ1v) is 7.56. The first-order chi connectivity index (χ1) is 9.24. The number of nitrogen functional groups attached to an aromatic ring is 1. The highest BCUT2D eigenvalue weighted by Gasteiger charge is 2.15. The number of imidazole rings is 1. The molecule has 0 radical (unpaired) electrons. The van der Waals surface area contributed by atoms with E-state index in [9.17, 15) is 0 Å². The Hall–Kier alpha value is -1.07. The summed E-state index contributed by atoms with van der Waals surface area (Å²) in [7, 11) is 0. The summed E-state index contributed by atoms with van der Waals surface area (Å²) in [6, 6.07) is 6.01. The van der Waals surface area contributed by atoms with Crippen LogP contribution < -0.4 is 5.73 Å². The van der Waals surface area contributed by atoms with Crippen LogP contribution in [0.5, 0.6) is 0 Å². The lowest BCUT2D eigenvalue weighted by molar-refractivity contribution is 0.0537. The Labute approximate surface area is 121 Å². The van der Waals surface area contributed by atoms with Gasteiger partial charge in [-0.2, -0.15) is 0 Å². The van der Waals surface area contributed by atoms with Gasteiger partial charge in [0.1, 0.15) is 0 Å². The molecule has 2 N–H and O–H groups in total. The van der Waals surface area contributed by atoms with Crippen LogP contribution in [0.3, 0.4) is 0 Å². The number of aromatic nitrogens is 2. The maximum atomic E-state index is 5.98. The van der Waals surface area contributed by atoms with Crippen molar-refractivity contribution in [3.8, 4) is 0 Å². The first kappa shape index (κ1) is 12.9. The average Bonchev–Trinajstić information content (AvgIpc) is 2.99. The van der Waals surface area contributed by atoms with E-state index >= 15 is 0 Å². The van der Waals surface area contributed by atoms with E-state index in [4.69, 9.17) is 10.5 Å². The third-order valence-corrected chi connectivity index (χ3v) is 4.20. The van der Waals surface area contributed by atoms with E-state index in [2.05, 4.69) is 20.9 Å². The monoisotopic (exact) mass is 323 g/mol. The Balaban J connectivity index is 1.72. The number of ether oxygens (including phenoxy) is 1. The van der Waals surface area contributed by atoms with Gasteiger partial charge >= 0.3 is 0 Å². The van der Waals surface area contributed by atoms with Crippen molar-refractivity contribution in [3.05, 3.63) is 22.7 Å². The van der Waals surface area contributed by atoms with E-state index in [1.54, 1.807) is 0 Å². The van der Waals surface area contributed by atoms with Gasteiger partial charge in [-0.05, 0) is 31.0 Å². The Kier molecular flexibility index (Phi) is 3.75. The highest BCUT2D eigenvalue weighted by atomic mass is 79.9. The summed E-state index contributed by atoms with van der Waals surface area (Å²) in [6.07, 6.45) is 5.45. The van der Waals surface area contributed by atoms with Crippen LogP contribution in [0, 0.1) is 0 Å². The molecule has 1 aromatic carbocycles. The Morgan fingerprint density at radius 2 is 2.16 bits per heavy atom. The highest BCUT2D eigenvalue weighted by Crippen LogP contribution is 2.23. The number of rotatable bonds is 4. The van der Waals surface area contributed by atoms with E-state index in [1.165, 1.54) is 25.7 Å². The predicted octanol–water partition coefficient (Wildman–Crippen LogP) is 3.34. The zero-order chi connectivity index (χ0) is 13.2. The summed E-state index contributed by atoms with van der Waals surface area (Å²) in [5, 5.41) is 0. The summed E-state index contributed by atoms with van der Waals surface area (Å²) in [5.74, 6) is 0.558. The minimum Gasteiger partial charge on any atom is -0.376 e. The van der Waals surface area contributed by atoms with Crippen LogP contribution in [0.15, 0.2) is 22.7 Å². The van der Waals surface area contributed by atoms with Gasteiger partial charge < -0.3 is 15.0 Å². The van der Waals surface area contributed by atoms with Crippen LogP contribution in [-0.4, -0.2) is 22.3 Å². The highest BCUT2D eigenvalue weighted by molar-refractivity contribution is 9.10. The summed E-state index contributed by atoms with van der Waals surface area (Å²) in [6.45, 7) is 1.46. The second-order valence-electron chi connectivity index (χ2n) is 5.03. The minimum absolute atomic E-state index is 0.447. The number of nitrogens with two attached hydrogens (primary N) is 1. The van der Waals surface area contributed by atoms with Gasteiger partial charge in [-0.3, -0.25) is 0 Å². The number of fused-ring (bicyclic) bond motifs is 1. The molecule has 4 nitrogen and oxygen atoms in total. The molecule has 1 heterocycles. The van der Waals surface area contributed by atoms with Gasteiger partial charge in [-0.15, -0.1) is 0 Å². The molecule has 0 saturated heterocycles. The van der Waals surface area contributed by atoms with Crippen molar-refractivity contribution in [1.82, 2.24) is 9.55 Å². The summed E-state index contributed by atoms with van der Waals surface area (Å²) in [4.78, 5) is 4.37. The molecule has 0 bridgehead atoms. The van der Waals surface area contributed by atoms with Crippen molar-refractivity contribution in [2.45, 2.75) is 38.3 Å². The third-order valence-electron chi connectivity index (χ3n) is 3.71. The maximum Gasteiger partial charge on any atom is 0.201 e. The standard InChI is InChI=1S/C14H18BrN3O/c15-10-5-6-12-13(9-10)18(14(16)17-12)7-8-19-11-3-1-2-4-11/h5-6,9,11H,1-4,7-8H2,(H2,16,17). The van der Waals surface area contributed by atoms with Crippen molar-refractivity contribution in [1.29, 1.82) is 0 Å². The number of anilines is 1. The zero-order valence-electron chi connectivity index (χ0n) is 10.8. The number of hydrogen-bond acceptors (Lipinski definition) is 3. The molecule has 0 amide bonds. The van der Waals surface area contributed by atoms with Crippen LogP contribution in [-0.2, 0) is 11.3 Å². The van der Waals surface area contributed by atoms with Gasteiger partial charge in [0.25, 0.3) is 0 Å². The molecule has 3 rings (SSSR count). The molecule has 1 saturated carbocycles. The molecule has 1 aliphatic carbocycles. The van der Waals surface area contributed by atoms with Crippen molar-refractivity contribution >= 4 is 32.9 Å². The quantitative estimate of drug-likeness (QED) is 0.938. The zero-order valence-corrected chi connectivity index (χ0v) is 12.4. The average molecular weight is 324 g/mol. The Morgan fingerprint density at radius 1 is 1.37 bits per heavy atom. The van der Waals surface area contributed by atoms with Gasteiger partial charge in [0.05, 0.1) is 23.7 Å². The third kappa shape index (κ3) is 2.77. The lowest BCUT2D eigenvalue weighted by Crippen LogP contribution is -2.14. The van der Waals surface area contributed by atoms with Gasteiger partial charge in [0, 0.05) is 11.0 Å². The fourth-order valence-corrected chi connectivity index (χ4v) is 3.06. The molecule has 102 valence electrons. The normalized spacial score (nSPS) is 16.5. The Morgan fingerprint density at radius 3 is 2.95 bits per heavy atom. The van der Waals surface area contributed by atoms with Crippen molar-refractivity contribution < 1.29 is 4.74 Å². The molecule has 2 aromatic rings. The first-order valence-electron chi connectivity index (χ1n) is 6.77. The fourth-order valence-electron chi connectivity index (χ4n) is 2.72. The molecular weight excluding hydrogens is 306 g/mol. The van der Waals surface area contributed by atoms with Crippen LogP contribution in [0.25, 0.3) is 11.0 Å². The molecule has 19 heavy (non-hydrogen) atoms. The van der Waals surface area contributed by atoms with Crippen LogP contribution in [0.2, 0.25) is 0 Å². The summed E-state index contributed by atoms with van der Waals surface area (Å²) in [5.41, 5.74) is 7.97. The SMILES string of the molecule is Nc1nc2ccc(Br)cc2n1CCOC1CCCC1. The van der Waals surface area contributed by atoms with E-state index in [0.717, 1.165) is 22.1 Å². The molecule has 0 aliphatic heterocycles. The van der Waals surface area contributed by atoms with E-state index in [-0.39, 0.29) is 0 Å². The lowest BCUT2D eigenvalue weighted by Gasteiger charge is -2.12. The topological polar surface area (TPSA) is 53.1 Å². The maximum absolute atomic E-state index is 5.98. The molecule has 0 spiro atoms. The smallest absolute Gasteiger partial charge is 0.201 e. The van der Waals surface area contributed by atoms with Crippen molar-refractivity contribution in [2.75, 3.05) is 12.3 Å². The van der Waals surface area contributed by atoms with E-state index < -0.39 is 0 Å². The van der Waals surface area contributed by atoms with Crippen molar-refractivity contribution in [2.24, 2.45) is 0 Å². The second-order valence-corrected chi connectivity index (χ2v) is 5.95. The van der Waals surface area contributed by atoms with Crippen LogP contribution >= 0.6 is 15.9 Å². The van der Waals surface area contributed by atoms with Crippen molar-refractivity contribution in [3.63, 3.8) is 0 Å². The summed E-state index contributed by atoms with van der Waals surface area (Å²) < 4.78 is 8.96. The van der Waals surface area contributed by atoms with E-state index in [0.29, 0.717) is 18.7 Å². The molecule has 1 aromatic heterocycles. The number of nitrogens with zero attached hydrogens (tertiary/aromatic N) is 2. The fraction of sp³-hybridized carbons (Fsp3) is 0.500. The van der Waals surface area contributed by atoms with Crippen LogP contribution in [0.4, 0.5) is 5.95 Å².